The first kappa shape index (κ1) is 21.6. The summed E-state index contributed by atoms with van der Waals surface area (Å²) in [5.74, 6) is 3.24. The summed E-state index contributed by atoms with van der Waals surface area (Å²) in [4.78, 5) is 34.1. The third-order valence-electron chi connectivity index (χ3n) is 8.79. The van der Waals surface area contributed by atoms with Crippen molar-refractivity contribution >= 4 is 11.8 Å². The molecule has 3 saturated carbocycles. The molecule has 0 radical (unpaired) electrons. The van der Waals surface area contributed by atoms with Crippen LogP contribution in [0.2, 0.25) is 0 Å². The third kappa shape index (κ3) is 3.41. The van der Waals surface area contributed by atoms with Gasteiger partial charge in [-0.05, 0) is 61.6 Å². The summed E-state index contributed by atoms with van der Waals surface area (Å²) in [5.41, 5.74) is 0.998. The molecule has 2 amide bonds. The monoisotopic (exact) mass is 464 g/mol. The topological polar surface area (TPSA) is 88.8 Å². The van der Waals surface area contributed by atoms with Crippen LogP contribution in [0.1, 0.15) is 62.2 Å². The van der Waals surface area contributed by atoms with E-state index in [-0.39, 0.29) is 29.1 Å². The lowest BCUT2D eigenvalue weighted by Crippen LogP contribution is -2.52. The molecule has 8 heteroatoms. The molecule has 8 nitrogen and oxygen atoms in total. The first-order valence-electron chi connectivity index (χ1n) is 12.5. The molecule has 1 aromatic heterocycles. The lowest BCUT2D eigenvalue weighted by molar-refractivity contribution is -0.143. The number of aromatic nitrogens is 2. The van der Waals surface area contributed by atoms with Crippen LogP contribution in [0.5, 0.6) is 5.75 Å². The minimum Gasteiger partial charge on any atom is -0.497 e. The summed E-state index contributed by atoms with van der Waals surface area (Å²) in [7, 11) is 1.67. The van der Waals surface area contributed by atoms with Crippen molar-refractivity contribution < 1.29 is 18.8 Å². The average molecular weight is 465 g/mol. The number of hydrogen-bond donors (Lipinski definition) is 0. The largest absolute Gasteiger partial charge is 0.497 e. The highest BCUT2D eigenvalue weighted by Gasteiger charge is 2.56. The van der Waals surface area contributed by atoms with E-state index in [1.165, 1.54) is 5.56 Å². The molecule has 4 aliphatic rings. The minimum atomic E-state index is -0.186. The van der Waals surface area contributed by atoms with Gasteiger partial charge in [-0.2, -0.15) is 4.98 Å². The zero-order chi connectivity index (χ0) is 23.4. The molecule has 0 spiro atoms. The number of ether oxygens (including phenoxy) is 1. The molecule has 1 aliphatic heterocycles. The molecule has 0 unspecified atom stereocenters. The Balaban J connectivity index is 1.23. The number of methoxy groups -OCH3 is 1. The summed E-state index contributed by atoms with van der Waals surface area (Å²) in [6.45, 7) is 4.03. The molecular formula is C26H32N4O4. The Morgan fingerprint density at radius 1 is 1.03 bits per heavy atom. The number of carbonyl (C=O) groups is 2. The summed E-state index contributed by atoms with van der Waals surface area (Å²) in [6, 6.07) is 8.14. The van der Waals surface area contributed by atoms with Gasteiger partial charge in [-0.15, -0.1) is 0 Å². The van der Waals surface area contributed by atoms with Crippen molar-refractivity contribution in [1.29, 1.82) is 0 Å². The van der Waals surface area contributed by atoms with E-state index in [2.05, 4.69) is 17.3 Å². The van der Waals surface area contributed by atoms with Crippen molar-refractivity contribution in [2.75, 3.05) is 33.3 Å². The van der Waals surface area contributed by atoms with Gasteiger partial charge in [-0.3, -0.25) is 9.59 Å². The van der Waals surface area contributed by atoms with Gasteiger partial charge in [0.1, 0.15) is 5.75 Å². The van der Waals surface area contributed by atoms with Gasteiger partial charge in [-0.25, -0.2) is 0 Å². The highest BCUT2D eigenvalue weighted by atomic mass is 16.5. The van der Waals surface area contributed by atoms with Crippen molar-refractivity contribution in [3.8, 4) is 5.75 Å². The zero-order valence-electron chi connectivity index (χ0n) is 19.9. The molecule has 2 heterocycles. The Kier molecular flexibility index (Phi) is 5.15. The number of carbonyl (C=O) groups excluding carboxylic acids is 2. The number of benzene rings is 1. The first-order chi connectivity index (χ1) is 16.5. The SMILES string of the molecule is COc1ccc(C2(c3noc([C@H]4[C@@H]5CC[C@@H](C5)[C@@H]4C(=O)N4CCN(C(C)=O)CC4)n3)CC2)cc1. The van der Waals surface area contributed by atoms with E-state index in [4.69, 9.17) is 14.2 Å². The van der Waals surface area contributed by atoms with Gasteiger partial charge in [0, 0.05) is 33.1 Å². The predicted molar refractivity (Wildman–Crippen MR) is 123 cm³/mol. The number of hydrogen-bond acceptors (Lipinski definition) is 6. The van der Waals surface area contributed by atoms with E-state index in [1.807, 2.05) is 21.9 Å². The molecule has 34 heavy (non-hydrogen) atoms. The molecule has 1 aromatic carbocycles. The Bertz CT molecular complexity index is 1080. The smallest absolute Gasteiger partial charge is 0.230 e. The molecule has 0 N–H and O–H groups in total. The van der Waals surface area contributed by atoms with E-state index >= 15 is 0 Å². The van der Waals surface area contributed by atoms with Gasteiger partial charge in [0.2, 0.25) is 17.7 Å². The van der Waals surface area contributed by atoms with Gasteiger partial charge in [-0.1, -0.05) is 17.3 Å². The molecule has 1 saturated heterocycles. The quantitative estimate of drug-likeness (QED) is 0.676. The van der Waals surface area contributed by atoms with Crippen LogP contribution in [-0.2, 0) is 15.0 Å². The average Bonchev–Trinajstić information content (AvgIpc) is 3.20. The highest BCUT2D eigenvalue weighted by Crippen LogP contribution is 2.58. The summed E-state index contributed by atoms with van der Waals surface area (Å²) >= 11 is 0. The fourth-order valence-electron chi connectivity index (χ4n) is 6.70. The van der Waals surface area contributed by atoms with E-state index in [0.29, 0.717) is 43.9 Å². The van der Waals surface area contributed by atoms with Crippen LogP contribution in [0.3, 0.4) is 0 Å². The second kappa shape index (κ2) is 8.10. The molecule has 180 valence electrons. The maximum Gasteiger partial charge on any atom is 0.230 e. The van der Waals surface area contributed by atoms with Crippen molar-refractivity contribution in [3.63, 3.8) is 0 Å². The second-order valence-corrected chi connectivity index (χ2v) is 10.5. The third-order valence-corrected chi connectivity index (χ3v) is 8.79. The zero-order valence-corrected chi connectivity index (χ0v) is 19.9. The van der Waals surface area contributed by atoms with Gasteiger partial charge in [0.05, 0.1) is 24.4 Å². The van der Waals surface area contributed by atoms with Gasteiger partial charge < -0.3 is 19.1 Å². The number of nitrogens with zero attached hydrogens (tertiary/aromatic N) is 4. The Morgan fingerprint density at radius 2 is 1.71 bits per heavy atom. The summed E-state index contributed by atoms with van der Waals surface area (Å²) < 4.78 is 11.2. The molecule has 6 rings (SSSR count). The highest BCUT2D eigenvalue weighted by molar-refractivity contribution is 5.81. The van der Waals surface area contributed by atoms with Crippen LogP contribution in [0.15, 0.2) is 28.8 Å². The first-order valence-corrected chi connectivity index (χ1v) is 12.5. The lowest BCUT2D eigenvalue weighted by atomic mass is 9.78. The number of fused-ring (bicyclic) bond motifs is 2. The van der Waals surface area contributed by atoms with E-state index in [0.717, 1.165) is 43.7 Å². The fourth-order valence-corrected chi connectivity index (χ4v) is 6.70. The van der Waals surface area contributed by atoms with Crippen molar-refractivity contribution in [1.82, 2.24) is 19.9 Å². The number of piperazine rings is 1. The molecular weight excluding hydrogens is 432 g/mol. The van der Waals surface area contributed by atoms with Crippen molar-refractivity contribution in [2.24, 2.45) is 17.8 Å². The van der Waals surface area contributed by atoms with E-state index in [9.17, 15) is 9.59 Å². The normalized spacial score (nSPS) is 29.4. The minimum absolute atomic E-state index is 0.00463. The van der Waals surface area contributed by atoms with Crippen LogP contribution in [0.25, 0.3) is 0 Å². The fraction of sp³-hybridized carbons (Fsp3) is 0.615. The van der Waals surface area contributed by atoms with E-state index < -0.39 is 0 Å². The van der Waals surface area contributed by atoms with Crippen molar-refractivity contribution in [3.05, 3.63) is 41.5 Å². The second-order valence-electron chi connectivity index (χ2n) is 10.5. The molecule has 2 bridgehead atoms. The molecule has 2 aromatic rings. The maximum atomic E-state index is 13.7. The molecule has 3 aliphatic carbocycles. The maximum absolute atomic E-state index is 13.7. The molecule has 4 atom stereocenters. The van der Waals surface area contributed by atoms with Gasteiger partial charge in [0.15, 0.2) is 5.82 Å². The lowest BCUT2D eigenvalue weighted by Gasteiger charge is -2.38. The molecule has 4 fully saturated rings. The predicted octanol–water partition coefficient (Wildman–Crippen LogP) is 2.98. The van der Waals surface area contributed by atoms with Crippen molar-refractivity contribution in [2.45, 2.75) is 50.4 Å². The van der Waals surface area contributed by atoms with Crippen LogP contribution in [0, 0.1) is 17.8 Å². The Labute approximate surface area is 199 Å². The van der Waals surface area contributed by atoms with Crippen LogP contribution >= 0.6 is 0 Å². The van der Waals surface area contributed by atoms with Gasteiger partial charge >= 0.3 is 0 Å². The van der Waals surface area contributed by atoms with Crippen LogP contribution < -0.4 is 4.74 Å². The number of amides is 2. The summed E-state index contributed by atoms with van der Waals surface area (Å²) in [5, 5.41) is 4.45. The summed E-state index contributed by atoms with van der Waals surface area (Å²) in [6.07, 6.45) is 5.28. The van der Waals surface area contributed by atoms with E-state index in [1.54, 1.807) is 14.0 Å². The number of rotatable bonds is 5. The van der Waals surface area contributed by atoms with Crippen LogP contribution in [-0.4, -0.2) is 65.0 Å². The van der Waals surface area contributed by atoms with Crippen LogP contribution in [0.4, 0.5) is 0 Å². The Morgan fingerprint density at radius 3 is 2.35 bits per heavy atom. The Hall–Kier alpha value is -2.90. The standard InChI is InChI=1S/C26H32N4O4/c1-16(31)29-11-13-30(14-12-29)24(32)22-18-4-3-17(15-18)21(22)23-27-25(28-34-23)26(9-10-26)19-5-7-20(33-2)8-6-19/h5-8,17-18,21-22H,3-4,9-15H2,1-2H3/t17-,18+,21+,22+/m1/s1. The van der Waals surface area contributed by atoms with Gasteiger partial charge in [0.25, 0.3) is 0 Å².